The summed E-state index contributed by atoms with van der Waals surface area (Å²) in [6.07, 6.45) is -1.01. The fourth-order valence-electron chi connectivity index (χ4n) is 5.07. The van der Waals surface area contributed by atoms with Gasteiger partial charge in [-0.2, -0.15) is 0 Å². The number of amides is 4. The van der Waals surface area contributed by atoms with E-state index in [1.807, 2.05) is 24.3 Å². The number of rotatable bonds is 17. The van der Waals surface area contributed by atoms with Gasteiger partial charge >= 0.3 is 5.97 Å². The topological polar surface area (TPSA) is 227 Å². The molecule has 0 saturated carbocycles. The van der Waals surface area contributed by atoms with Gasteiger partial charge in [-0.3, -0.25) is 24.0 Å². The number of hydrogen-bond acceptors (Lipinski definition) is 8. The summed E-state index contributed by atoms with van der Waals surface area (Å²) >= 11 is 0. The summed E-state index contributed by atoms with van der Waals surface area (Å²) in [5, 5.41) is 40.8. The minimum absolute atomic E-state index is 0.0375. The molecular weight excluding hydrogens is 622 g/mol. The summed E-state index contributed by atoms with van der Waals surface area (Å²) in [4.78, 5) is 80.1. The number of aliphatic hydroxyl groups excluding tert-OH is 2. The standard InChI is InChI=1S/C34H43N5O9/c1-5-27(42)25(16-22-17-35-24-14-10-9-13-23(22)24)36-32(45)28(19(3)40)39-33(46)29(20(4)41)38-31(44)18(2)30(43)37-26(34(47)48)15-21-11-7-6-8-12-21/h6-14,17-20,25-26,28-29,35,40-41H,5,15-16H2,1-4H3,(H,36,45)(H,37,43)(H,38,44)(H,39,46)(H,47,48). The van der Waals surface area contributed by atoms with E-state index in [4.69, 9.17) is 0 Å². The number of H-pyrrole nitrogens is 1. The van der Waals surface area contributed by atoms with Gasteiger partial charge in [-0.25, -0.2) is 4.79 Å². The highest BCUT2D eigenvalue weighted by Gasteiger charge is 2.36. The maximum atomic E-state index is 13.3. The van der Waals surface area contributed by atoms with Crippen molar-refractivity contribution >= 4 is 46.3 Å². The van der Waals surface area contributed by atoms with Crippen molar-refractivity contribution < 1.29 is 44.1 Å². The maximum Gasteiger partial charge on any atom is 0.326 e. The van der Waals surface area contributed by atoms with Crippen LogP contribution in [0.15, 0.2) is 60.8 Å². The summed E-state index contributed by atoms with van der Waals surface area (Å²) in [6.45, 7) is 5.29. The second-order valence-corrected chi connectivity index (χ2v) is 11.7. The Hall–Kier alpha value is -5.08. The summed E-state index contributed by atoms with van der Waals surface area (Å²) in [5.74, 6) is -6.90. The number of hydrogen-bond donors (Lipinski definition) is 8. The number of carboxylic acids is 1. The monoisotopic (exact) mass is 665 g/mol. The van der Waals surface area contributed by atoms with E-state index in [1.165, 1.54) is 20.8 Å². The van der Waals surface area contributed by atoms with E-state index in [-0.39, 0.29) is 25.0 Å². The lowest BCUT2D eigenvalue weighted by Crippen LogP contribution is -2.61. The van der Waals surface area contributed by atoms with Gasteiger partial charge in [-0.1, -0.05) is 55.5 Å². The first-order chi connectivity index (χ1) is 22.7. The number of benzene rings is 2. The molecule has 0 aliphatic heterocycles. The number of aliphatic hydroxyl groups is 2. The molecule has 3 aromatic rings. The first-order valence-electron chi connectivity index (χ1n) is 15.6. The first-order valence-corrected chi connectivity index (χ1v) is 15.6. The Bertz CT molecular complexity index is 1600. The summed E-state index contributed by atoms with van der Waals surface area (Å²) < 4.78 is 0. The Kier molecular flexibility index (Phi) is 13.4. The summed E-state index contributed by atoms with van der Waals surface area (Å²) in [7, 11) is 0. The SMILES string of the molecule is CCC(=O)C(Cc1c[nH]c2ccccc12)NC(=O)C(NC(=O)C(NC(=O)C(C)C(=O)NC(Cc1ccccc1)C(=O)O)C(C)O)C(C)O. The van der Waals surface area contributed by atoms with Crippen molar-refractivity contribution in [1.82, 2.24) is 26.3 Å². The minimum Gasteiger partial charge on any atom is -0.480 e. The van der Waals surface area contributed by atoms with Crippen molar-refractivity contribution in [3.63, 3.8) is 0 Å². The van der Waals surface area contributed by atoms with Crippen molar-refractivity contribution in [1.29, 1.82) is 0 Å². The smallest absolute Gasteiger partial charge is 0.326 e. The van der Waals surface area contributed by atoms with E-state index in [2.05, 4.69) is 26.3 Å². The fraction of sp³-hybridized carbons (Fsp3) is 0.412. The van der Waals surface area contributed by atoms with Crippen LogP contribution in [0.2, 0.25) is 0 Å². The fourth-order valence-corrected chi connectivity index (χ4v) is 5.07. The van der Waals surface area contributed by atoms with Crippen molar-refractivity contribution in [3.05, 3.63) is 71.9 Å². The zero-order valence-corrected chi connectivity index (χ0v) is 27.2. The third-order valence-electron chi connectivity index (χ3n) is 7.96. The van der Waals surface area contributed by atoms with Gasteiger partial charge in [0.2, 0.25) is 23.6 Å². The average molecular weight is 666 g/mol. The number of nitrogens with one attached hydrogen (secondary N) is 5. The lowest BCUT2D eigenvalue weighted by Gasteiger charge is -2.28. The molecule has 3 rings (SSSR count). The molecule has 258 valence electrons. The highest BCUT2D eigenvalue weighted by atomic mass is 16.4. The molecule has 7 atom stereocenters. The molecule has 0 aliphatic rings. The van der Waals surface area contributed by atoms with Gasteiger partial charge in [0.05, 0.1) is 18.2 Å². The van der Waals surface area contributed by atoms with Crippen LogP contribution >= 0.6 is 0 Å². The Morgan fingerprint density at radius 2 is 1.21 bits per heavy atom. The van der Waals surface area contributed by atoms with E-state index < -0.39 is 71.9 Å². The number of carbonyl (C=O) groups excluding carboxylic acids is 5. The van der Waals surface area contributed by atoms with Crippen LogP contribution in [-0.2, 0) is 41.6 Å². The molecule has 2 aromatic carbocycles. The average Bonchev–Trinajstić information content (AvgIpc) is 3.46. The van der Waals surface area contributed by atoms with Crippen LogP contribution in [0.5, 0.6) is 0 Å². The second kappa shape index (κ2) is 17.2. The molecule has 0 radical (unpaired) electrons. The van der Waals surface area contributed by atoms with Crippen LogP contribution in [0.3, 0.4) is 0 Å². The Balaban J connectivity index is 1.68. The van der Waals surface area contributed by atoms with Crippen LogP contribution in [-0.4, -0.2) is 92.1 Å². The van der Waals surface area contributed by atoms with Crippen LogP contribution < -0.4 is 21.3 Å². The number of fused-ring (bicyclic) bond motifs is 1. The molecule has 48 heavy (non-hydrogen) atoms. The van der Waals surface area contributed by atoms with Gasteiger partial charge in [-0.05, 0) is 38.0 Å². The number of carbonyl (C=O) groups is 6. The number of carboxylic acid groups (broad SMARTS) is 1. The minimum atomic E-state index is -1.67. The molecule has 14 nitrogen and oxygen atoms in total. The van der Waals surface area contributed by atoms with Gasteiger partial charge < -0.3 is 41.6 Å². The van der Waals surface area contributed by atoms with E-state index in [0.29, 0.717) is 5.56 Å². The molecule has 0 saturated heterocycles. The quantitative estimate of drug-likeness (QED) is 0.0930. The zero-order chi connectivity index (χ0) is 35.5. The lowest BCUT2D eigenvalue weighted by molar-refractivity contribution is -0.144. The largest absolute Gasteiger partial charge is 0.480 e. The molecule has 0 fully saturated rings. The Morgan fingerprint density at radius 3 is 1.79 bits per heavy atom. The highest BCUT2D eigenvalue weighted by molar-refractivity contribution is 6.03. The molecule has 0 aliphatic carbocycles. The van der Waals surface area contributed by atoms with Crippen molar-refractivity contribution in [2.24, 2.45) is 5.92 Å². The number of aromatic nitrogens is 1. The number of ketones is 1. The predicted octanol–water partition coefficient (Wildman–Crippen LogP) is 0.354. The number of para-hydroxylation sites is 1. The van der Waals surface area contributed by atoms with E-state index >= 15 is 0 Å². The van der Waals surface area contributed by atoms with Crippen LogP contribution in [0, 0.1) is 5.92 Å². The molecule has 0 bridgehead atoms. The summed E-state index contributed by atoms with van der Waals surface area (Å²) in [5.41, 5.74) is 2.27. The van der Waals surface area contributed by atoms with Gasteiger partial charge in [0.25, 0.3) is 0 Å². The molecule has 4 amide bonds. The molecular formula is C34H43N5O9. The lowest BCUT2D eigenvalue weighted by atomic mass is 9.99. The Labute approximate surface area is 277 Å². The number of Topliss-reactive ketones (excluding diaryl/α,β-unsaturated/α-hetero) is 1. The van der Waals surface area contributed by atoms with Crippen molar-refractivity contribution in [3.8, 4) is 0 Å². The van der Waals surface area contributed by atoms with E-state index in [1.54, 1.807) is 43.5 Å². The van der Waals surface area contributed by atoms with Gasteiger partial charge in [0.15, 0.2) is 5.78 Å². The van der Waals surface area contributed by atoms with E-state index in [9.17, 15) is 44.1 Å². The van der Waals surface area contributed by atoms with Gasteiger partial charge in [-0.15, -0.1) is 0 Å². The molecule has 7 unspecified atom stereocenters. The second-order valence-electron chi connectivity index (χ2n) is 11.7. The third kappa shape index (κ3) is 9.96. The van der Waals surface area contributed by atoms with Crippen molar-refractivity contribution in [2.45, 2.75) is 83.3 Å². The molecule has 8 N–H and O–H groups in total. The molecule has 1 heterocycles. The highest BCUT2D eigenvalue weighted by Crippen LogP contribution is 2.20. The third-order valence-corrected chi connectivity index (χ3v) is 7.96. The molecule has 0 spiro atoms. The van der Waals surface area contributed by atoms with Crippen LogP contribution in [0.4, 0.5) is 0 Å². The van der Waals surface area contributed by atoms with Crippen LogP contribution in [0.1, 0.15) is 45.2 Å². The normalized spacial score (nSPS) is 15.5. The zero-order valence-electron chi connectivity index (χ0n) is 27.2. The maximum absolute atomic E-state index is 13.3. The number of aromatic amines is 1. The summed E-state index contributed by atoms with van der Waals surface area (Å²) in [6, 6.07) is 10.4. The molecule has 1 aromatic heterocycles. The predicted molar refractivity (Wildman–Crippen MR) is 175 cm³/mol. The first kappa shape index (κ1) is 37.4. The van der Waals surface area contributed by atoms with E-state index in [0.717, 1.165) is 16.5 Å². The van der Waals surface area contributed by atoms with Gasteiger partial charge in [0.1, 0.15) is 24.0 Å². The number of aliphatic carboxylic acids is 1. The Morgan fingerprint density at radius 1 is 0.688 bits per heavy atom. The van der Waals surface area contributed by atoms with Crippen molar-refractivity contribution in [2.75, 3.05) is 0 Å². The molecule has 14 heteroatoms. The van der Waals surface area contributed by atoms with Crippen LogP contribution in [0.25, 0.3) is 10.9 Å². The van der Waals surface area contributed by atoms with Gasteiger partial charge in [0, 0.05) is 36.4 Å².